The Balaban J connectivity index is 2.26. The summed E-state index contributed by atoms with van der Waals surface area (Å²) in [6.07, 6.45) is 3.83. The normalized spacial score (nSPS) is 15.5. The predicted octanol–water partition coefficient (Wildman–Crippen LogP) is 0.746. The maximum absolute atomic E-state index is 10.9. The van der Waals surface area contributed by atoms with Gasteiger partial charge in [-0.1, -0.05) is 5.21 Å². The van der Waals surface area contributed by atoms with Gasteiger partial charge in [-0.05, 0) is 26.2 Å². The molecule has 1 aliphatic heterocycles. The lowest BCUT2D eigenvalue weighted by Gasteiger charge is -2.12. The van der Waals surface area contributed by atoms with Gasteiger partial charge in [0.25, 0.3) is 0 Å². The zero-order chi connectivity index (χ0) is 9.26. The summed E-state index contributed by atoms with van der Waals surface area (Å²) in [5.74, 6) is 0.161. The quantitative estimate of drug-likeness (QED) is 0.673. The summed E-state index contributed by atoms with van der Waals surface area (Å²) in [6.45, 7) is 2.55. The molecule has 0 radical (unpaired) electrons. The van der Waals surface area contributed by atoms with Gasteiger partial charge in [0, 0.05) is 6.54 Å². The van der Waals surface area contributed by atoms with Gasteiger partial charge in [0.1, 0.15) is 5.78 Å². The molecule has 0 N–H and O–H groups in total. The molecule has 0 atom stereocenters. The third-order valence-electron chi connectivity index (χ3n) is 2.37. The standard InChI is InChI=1S/C9H13N3O/c1-7(13)6-8-9-4-2-3-5-12(9)11-10-8/h2-6H2,1H3. The van der Waals surface area contributed by atoms with Gasteiger partial charge in [0.15, 0.2) is 0 Å². The number of carbonyl (C=O) groups excluding carboxylic acids is 1. The van der Waals surface area contributed by atoms with Crippen LogP contribution in [0.25, 0.3) is 0 Å². The molecule has 2 rings (SSSR count). The Morgan fingerprint density at radius 3 is 3.15 bits per heavy atom. The van der Waals surface area contributed by atoms with Gasteiger partial charge in [-0.25, -0.2) is 4.68 Å². The first-order valence-corrected chi connectivity index (χ1v) is 4.68. The van der Waals surface area contributed by atoms with Crippen molar-refractivity contribution in [2.24, 2.45) is 0 Å². The number of carbonyl (C=O) groups is 1. The molecule has 1 aromatic heterocycles. The number of hydrogen-bond donors (Lipinski definition) is 0. The Kier molecular flexibility index (Phi) is 2.12. The molecular weight excluding hydrogens is 166 g/mol. The molecule has 0 saturated heterocycles. The van der Waals surface area contributed by atoms with Crippen molar-refractivity contribution in [2.45, 2.75) is 39.2 Å². The van der Waals surface area contributed by atoms with Crippen molar-refractivity contribution in [3.05, 3.63) is 11.4 Å². The largest absolute Gasteiger partial charge is 0.300 e. The molecule has 0 unspecified atom stereocenters. The van der Waals surface area contributed by atoms with E-state index in [2.05, 4.69) is 10.3 Å². The van der Waals surface area contributed by atoms with E-state index in [0.717, 1.165) is 18.7 Å². The van der Waals surface area contributed by atoms with E-state index < -0.39 is 0 Å². The van der Waals surface area contributed by atoms with Crippen LogP contribution in [0.15, 0.2) is 0 Å². The highest BCUT2D eigenvalue weighted by Gasteiger charge is 2.16. The van der Waals surface area contributed by atoms with Crippen molar-refractivity contribution in [1.29, 1.82) is 0 Å². The smallest absolute Gasteiger partial charge is 0.135 e. The van der Waals surface area contributed by atoms with Crippen molar-refractivity contribution in [2.75, 3.05) is 0 Å². The summed E-state index contributed by atoms with van der Waals surface area (Å²) >= 11 is 0. The number of ketones is 1. The highest BCUT2D eigenvalue weighted by atomic mass is 16.1. The third kappa shape index (κ3) is 1.61. The molecule has 0 aliphatic carbocycles. The minimum Gasteiger partial charge on any atom is -0.300 e. The van der Waals surface area contributed by atoms with E-state index in [1.54, 1.807) is 6.92 Å². The molecule has 1 aliphatic rings. The van der Waals surface area contributed by atoms with Crippen LogP contribution in [0, 0.1) is 0 Å². The summed E-state index contributed by atoms with van der Waals surface area (Å²) in [7, 11) is 0. The minimum atomic E-state index is 0.161. The fourth-order valence-corrected chi connectivity index (χ4v) is 1.75. The molecule has 0 amide bonds. The van der Waals surface area contributed by atoms with E-state index in [1.165, 1.54) is 18.5 Å². The molecule has 0 spiro atoms. The van der Waals surface area contributed by atoms with E-state index >= 15 is 0 Å². The third-order valence-corrected chi connectivity index (χ3v) is 2.37. The van der Waals surface area contributed by atoms with E-state index in [0.29, 0.717) is 6.42 Å². The highest BCUT2D eigenvalue weighted by molar-refractivity contribution is 5.77. The number of Topliss-reactive ketones (excluding diaryl/α,β-unsaturated/α-hetero) is 1. The Labute approximate surface area is 76.9 Å². The lowest BCUT2D eigenvalue weighted by molar-refractivity contribution is -0.116. The van der Waals surface area contributed by atoms with Crippen LogP contribution in [0.2, 0.25) is 0 Å². The Morgan fingerprint density at radius 2 is 2.38 bits per heavy atom. The molecule has 0 saturated carbocycles. The van der Waals surface area contributed by atoms with Crippen LogP contribution in [-0.4, -0.2) is 20.8 Å². The average Bonchev–Trinajstić information content (AvgIpc) is 2.48. The maximum Gasteiger partial charge on any atom is 0.135 e. The van der Waals surface area contributed by atoms with Gasteiger partial charge < -0.3 is 0 Å². The summed E-state index contributed by atoms with van der Waals surface area (Å²) in [5, 5.41) is 8.05. The lowest BCUT2D eigenvalue weighted by Crippen LogP contribution is -2.12. The lowest BCUT2D eigenvalue weighted by atomic mass is 10.1. The van der Waals surface area contributed by atoms with Crippen LogP contribution in [0.4, 0.5) is 0 Å². The Bertz CT molecular complexity index is 330. The van der Waals surface area contributed by atoms with Crippen LogP contribution >= 0.6 is 0 Å². The van der Waals surface area contributed by atoms with E-state index in [1.807, 2.05) is 4.68 Å². The molecule has 0 aromatic carbocycles. The van der Waals surface area contributed by atoms with Crippen molar-refractivity contribution >= 4 is 5.78 Å². The van der Waals surface area contributed by atoms with Gasteiger partial charge in [-0.15, -0.1) is 5.10 Å². The molecule has 4 nitrogen and oxygen atoms in total. The van der Waals surface area contributed by atoms with Crippen molar-refractivity contribution < 1.29 is 4.79 Å². The van der Waals surface area contributed by atoms with E-state index in [9.17, 15) is 4.79 Å². The fraction of sp³-hybridized carbons (Fsp3) is 0.667. The van der Waals surface area contributed by atoms with Gasteiger partial charge in [-0.3, -0.25) is 4.79 Å². The Hall–Kier alpha value is -1.19. The van der Waals surface area contributed by atoms with Crippen LogP contribution in [0.5, 0.6) is 0 Å². The molecule has 2 heterocycles. The molecule has 70 valence electrons. The van der Waals surface area contributed by atoms with Crippen LogP contribution in [-0.2, 0) is 24.2 Å². The van der Waals surface area contributed by atoms with Crippen molar-refractivity contribution in [1.82, 2.24) is 15.0 Å². The first-order valence-electron chi connectivity index (χ1n) is 4.68. The van der Waals surface area contributed by atoms with Gasteiger partial charge in [-0.2, -0.15) is 0 Å². The SMILES string of the molecule is CC(=O)Cc1nnn2c1CCCC2. The summed E-state index contributed by atoms with van der Waals surface area (Å²) in [5.41, 5.74) is 2.05. The maximum atomic E-state index is 10.9. The number of aryl methyl sites for hydroxylation is 1. The zero-order valence-corrected chi connectivity index (χ0v) is 7.79. The second kappa shape index (κ2) is 3.28. The molecule has 0 bridgehead atoms. The molecule has 0 fully saturated rings. The first-order chi connectivity index (χ1) is 6.27. The second-order valence-corrected chi connectivity index (χ2v) is 3.54. The summed E-state index contributed by atoms with van der Waals surface area (Å²) < 4.78 is 1.93. The topological polar surface area (TPSA) is 47.8 Å². The number of nitrogens with zero attached hydrogens (tertiary/aromatic N) is 3. The fourth-order valence-electron chi connectivity index (χ4n) is 1.75. The van der Waals surface area contributed by atoms with Crippen LogP contribution < -0.4 is 0 Å². The first kappa shape index (κ1) is 8.41. The van der Waals surface area contributed by atoms with Gasteiger partial charge in [0.2, 0.25) is 0 Å². The zero-order valence-electron chi connectivity index (χ0n) is 7.79. The molecule has 4 heteroatoms. The van der Waals surface area contributed by atoms with Crippen molar-refractivity contribution in [3.8, 4) is 0 Å². The number of hydrogen-bond acceptors (Lipinski definition) is 3. The average molecular weight is 179 g/mol. The highest BCUT2D eigenvalue weighted by Crippen LogP contribution is 2.16. The molecular formula is C9H13N3O. The van der Waals surface area contributed by atoms with Crippen molar-refractivity contribution in [3.63, 3.8) is 0 Å². The van der Waals surface area contributed by atoms with Crippen LogP contribution in [0.3, 0.4) is 0 Å². The monoisotopic (exact) mass is 179 g/mol. The molecule has 1 aromatic rings. The number of rotatable bonds is 2. The Morgan fingerprint density at radius 1 is 1.54 bits per heavy atom. The summed E-state index contributed by atoms with van der Waals surface area (Å²) in [4.78, 5) is 10.9. The number of fused-ring (bicyclic) bond motifs is 1. The summed E-state index contributed by atoms with van der Waals surface area (Å²) in [6, 6.07) is 0. The number of aromatic nitrogens is 3. The molecule has 13 heavy (non-hydrogen) atoms. The predicted molar refractivity (Wildman–Crippen MR) is 47.3 cm³/mol. The second-order valence-electron chi connectivity index (χ2n) is 3.54. The minimum absolute atomic E-state index is 0.161. The van der Waals surface area contributed by atoms with E-state index in [4.69, 9.17) is 0 Å². The van der Waals surface area contributed by atoms with E-state index in [-0.39, 0.29) is 5.78 Å². The van der Waals surface area contributed by atoms with Crippen LogP contribution in [0.1, 0.15) is 31.2 Å². The van der Waals surface area contributed by atoms with Gasteiger partial charge >= 0.3 is 0 Å². The van der Waals surface area contributed by atoms with Gasteiger partial charge in [0.05, 0.1) is 17.8 Å².